The second-order valence-corrected chi connectivity index (χ2v) is 10.4. The molecule has 3 atom stereocenters. The van der Waals surface area contributed by atoms with E-state index >= 15 is 0 Å². The highest BCUT2D eigenvalue weighted by atomic mass is 16.5. The van der Waals surface area contributed by atoms with Gasteiger partial charge in [-0.1, -0.05) is 68.4 Å². The molecule has 4 heteroatoms. The van der Waals surface area contributed by atoms with Crippen LogP contribution in [0.5, 0.6) is 11.5 Å². The van der Waals surface area contributed by atoms with Crippen molar-refractivity contribution < 1.29 is 9.84 Å². The molecule has 2 saturated heterocycles. The van der Waals surface area contributed by atoms with Crippen LogP contribution in [0, 0.1) is 5.92 Å². The van der Waals surface area contributed by atoms with Gasteiger partial charge in [0.05, 0.1) is 0 Å². The zero-order valence-electron chi connectivity index (χ0n) is 20.4. The standard InChI is InChI=1S/C30H36N2O2/c1-23-19-32-16-15-31(21-27(32)18-30(23,2)26-9-6-10-28(33)17-26)20-24-11-13-29(14-12-24)34-22-25-7-4-3-5-8-25/h3-14,17,23,27,33H,15-16,18-22H2,1-2H3. The van der Waals surface area contributed by atoms with Gasteiger partial charge in [-0.3, -0.25) is 9.80 Å². The van der Waals surface area contributed by atoms with E-state index in [9.17, 15) is 5.11 Å². The fourth-order valence-corrected chi connectivity index (χ4v) is 5.73. The molecule has 2 aliphatic rings. The van der Waals surface area contributed by atoms with E-state index < -0.39 is 0 Å². The summed E-state index contributed by atoms with van der Waals surface area (Å²) in [6, 6.07) is 27.3. The van der Waals surface area contributed by atoms with Crippen LogP contribution in [0.15, 0.2) is 78.9 Å². The fourth-order valence-electron chi connectivity index (χ4n) is 5.73. The van der Waals surface area contributed by atoms with Crippen LogP contribution in [0.3, 0.4) is 0 Å². The van der Waals surface area contributed by atoms with Gasteiger partial charge >= 0.3 is 0 Å². The van der Waals surface area contributed by atoms with Gasteiger partial charge in [-0.15, -0.1) is 0 Å². The van der Waals surface area contributed by atoms with Crippen LogP contribution < -0.4 is 4.74 Å². The number of piperazine rings is 1. The number of benzene rings is 3. The molecule has 2 heterocycles. The minimum atomic E-state index is 0.0840. The van der Waals surface area contributed by atoms with Gasteiger partial charge in [0, 0.05) is 38.8 Å². The van der Waals surface area contributed by atoms with Crippen molar-refractivity contribution in [3.05, 3.63) is 95.6 Å². The Morgan fingerprint density at radius 3 is 2.47 bits per heavy atom. The highest BCUT2D eigenvalue weighted by Crippen LogP contribution is 2.43. The molecule has 5 rings (SSSR count). The zero-order valence-corrected chi connectivity index (χ0v) is 20.4. The number of nitrogens with zero attached hydrogens (tertiary/aromatic N) is 2. The number of fused-ring (bicyclic) bond motifs is 1. The molecule has 4 nitrogen and oxygen atoms in total. The zero-order chi connectivity index (χ0) is 23.5. The molecule has 0 aromatic heterocycles. The van der Waals surface area contributed by atoms with E-state index in [1.54, 1.807) is 6.07 Å². The van der Waals surface area contributed by atoms with Gasteiger partial charge in [-0.2, -0.15) is 0 Å². The summed E-state index contributed by atoms with van der Waals surface area (Å²) in [6.45, 7) is 10.8. The quantitative estimate of drug-likeness (QED) is 0.535. The van der Waals surface area contributed by atoms with Crippen molar-refractivity contribution in [2.24, 2.45) is 5.92 Å². The van der Waals surface area contributed by atoms with E-state index in [4.69, 9.17) is 4.74 Å². The van der Waals surface area contributed by atoms with Gasteiger partial charge in [0.2, 0.25) is 0 Å². The van der Waals surface area contributed by atoms with E-state index in [0.717, 1.165) is 44.9 Å². The largest absolute Gasteiger partial charge is 0.508 e. The summed E-state index contributed by atoms with van der Waals surface area (Å²) in [5.74, 6) is 1.84. The number of rotatable bonds is 6. The summed E-state index contributed by atoms with van der Waals surface area (Å²) in [6.07, 6.45) is 1.13. The lowest BCUT2D eigenvalue weighted by molar-refractivity contribution is -0.00558. The Kier molecular flexibility index (Phi) is 6.62. The van der Waals surface area contributed by atoms with Gasteiger partial charge < -0.3 is 9.84 Å². The summed E-state index contributed by atoms with van der Waals surface area (Å²) in [5.41, 5.74) is 3.87. The highest BCUT2D eigenvalue weighted by Gasteiger charge is 2.44. The Labute approximate surface area is 203 Å². The van der Waals surface area contributed by atoms with E-state index in [1.807, 2.05) is 30.3 Å². The van der Waals surface area contributed by atoms with Crippen LogP contribution in [-0.2, 0) is 18.6 Å². The van der Waals surface area contributed by atoms with Crippen molar-refractivity contribution in [1.82, 2.24) is 9.80 Å². The average Bonchev–Trinajstić information content (AvgIpc) is 2.85. The number of piperidine rings is 1. The molecule has 34 heavy (non-hydrogen) atoms. The molecule has 2 fully saturated rings. The van der Waals surface area contributed by atoms with Crippen molar-refractivity contribution in [3.63, 3.8) is 0 Å². The number of hydrogen-bond acceptors (Lipinski definition) is 4. The van der Waals surface area contributed by atoms with Gasteiger partial charge in [-0.05, 0) is 58.7 Å². The molecule has 2 aliphatic heterocycles. The molecule has 0 radical (unpaired) electrons. The maximum Gasteiger partial charge on any atom is 0.119 e. The summed E-state index contributed by atoms with van der Waals surface area (Å²) >= 11 is 0. The van der Waals surface area contributed by atoms with Crippen LogP contribution in [0.4, 0.5) is 0 Å². The Balaban J connectivity index is 1.20. The Bertz CT molecular complexity index is 1080. The molecular formula is C30H36N2O2. The van der Waals surface area contributed by atoms with Crippen molar-refractivity contribution in [3.8, 4) is 11.5 Å². The topological polar surface area (TPSA) is 35.9 Å². The Morgan fingerprint density at radius 2 is 1.71 bits per heavy atom. The van der Waals surface area contributed by atoms with Crippen LogP contribution in [-0.4, -0.2) is 47.1 Å². The Morgan fingerprint density at radius 1 is 0.912 bits per heavy atom. The summed E-state index contributed by atoms with van der Waals surface area (Å²) in [4.78, 5) is 5.28. The minimum Gasteiger partial charge on any atom is -0.508 e. The van der Waals surface area contributed by atoms with E-state index in [-0.39, 0.29) is 5.41 Å². The third-order valence-corrected chi connectivity index (χ3v) is 8.03. The van der Waals surface area contributed by atoms with Crippen molar-refractivity contribution in [2.45, 2.75) is 44.9 Å². The van der Waals surface area contributed by atoms with E-state index in [0.29, 0.717) is 24.3 Å². The molecular weight excluding hydrogens is 420 g/mol. The highest BCUT2D eigenvalue weighted by molar-refractivity contribution is 5.34. The minimum absolute atomic E-state index is 0.0840. The second-order valence-electron chi connectivity index (χ2n) is 10.4. The molecule has 0 aliphatic carbocycles. The average molecular weight is 457 g/mol. The van der Waals surface area contributed by atoms with Crippen molar-refractivity contribution in [1.29, 1.82) is 0 Å². The molecule has 0 amide bonds. The predicted molar refractivity (Wildman–Crippen MR) is 137 cm³/mol. The third kappa shape index (κ3) is 4.98. The van der Waals surface area contributed by atoms with Crippen LogP contribution in [0.2, 0.25) is 0 Å². The lowest BCUT2D eigenvalue weighted by Gasteiger charge is -2.53. The lowest BCUT2D eigenvalue weighted by atomic mass is 9.65. The first-order valence-corrected chi connectivity index (χ1v) is 12.5. The second kappa shape index (κ2) is 9.81. The van der Waals surface area contributed by atoms with Crippen molar-refractivity contribution >= 4 is 0 Å². The normalized spacial score (nSPS) is 25.6. The van der Waals surface area contributed by atoms with Gasteiger partial charge in [-0.25, -0.2) is 0 Å². The maximum atomic E-state index is 10.1. The van der Waals surface area contributed by atoms with Gasteiger partial charge in [0.1, 0.15) is 18.1 Å². The van der Waals surface area contributed by atoms with Crippen LogP contribution >= 0.6 is 0 Å². The molecule has 0 bridgehead atoms. The van der Waals surface area contributed by atoms with Crippen molar-refractivity contribution in [2.75, 3.05) is 26.2 Å². The first-order chi connectivity index (χ1) is 16.5. The molecule has 3 aromatic rings. The number of hydrogen-bond donors (Lipinski definition) is 1. The molecule has 3 aromatic carbocycles. The summed E-state index contributed by atoms with van der Waals surface area (Å²) < 4.78 is 5.95. The molecule has 178 valence electrons. The monoisotopic (exact) mass is 456 g/mol. The first-order valence-electron chi connectivity index (χ1n) is 12.5. The number of ether oxygens (including phenoxy) is 1. The molecule has 0 saturated carbocycles. The number of phenolic OH excluding ortho intramolecular Hbond substituents is 1. The third-order valence-electron chi connectivity index (χ3n) is 8.03. The SMILES string of the molecule is CC1CN2CCN(Cc3ccc(OCc4ccccc4)cc3)CC2CC1(C)c1cccc(O)c1. The van der Waals surface area contributed by atoms with Crippen LogP contribution in [0.1, 0.15) is 37.0 Å². The first kappa shape index (κ1) is 22.9. The van der Waals surface area contributed by atoms with E-state index in [1.165, 1.54) is 16.7 Å². The molecule has 3 unspecified atom stereocenters. The van der Waals surface area contributed by atoms with Crippen LogP contribution in [0.25, 0.3) is 0 Å². The van der Waals surface area contributed by atoms with Gasteiger partial charge in [0.25, 0.3) is 0 Å². The predicted octanol–water partition coefficient (Wildman–Crippen LogP) is 5.46. The Hall–Kier alpha value is -2.82. The molecule has 1 N–H and O–H groups in total. The molecule has 0 spiro atoms. The lowest BCUT2D eigenvalue weighted by Crippen LogP contribution is -2.60. The summed E-state index contributed by atoms with van der Waals surface area (Å²) in [5, 5.41) is 10.1. The number of aromatic hydroxyl groups is 1. The summed E-state index contributed by atoms with van der Waals surface area (Å²) in [7, 11) is 0. The fraction of sp³-hybridized carbons (Fsp3) is 0.400. The maximum absolute atomic E-state index is 10.1. The number of phenols is 1. The smallest absolute Gasteiger partial charge is 0.119 e. The van der Waals surface area contributed by atoms with Gasteiger partial charge in [0.15, 0.2) is 0 Å². The van der Waals surface area contributed by atoms with E-state index in [2.05, 4.69) is 66.1 Å².